The molecule has 2 N–H and O–H groups in total. The lowest BCUT2D eigenvalue weighted by molar-refractivity contribution is 0.628. The van der Waals surface area contributed by atoms with Gasteiger partial charge in [-0.2, -0.15) is 0 Å². The number of halogens is 2. The highest BCUT2D eigenvalue weighted by molar-refractivity contribution is 6.30. The topological polar surface area (TPSA) is 38.4 Å². The summed E-state index contributed by atoms with van der Waals surface area (Å²) < 4.78 is 13.1. The lowest BCUT2D eigenvalue weighted by Gasteiger charge is -2.08. The van der Waals surface area contributed by atoms with Crippen molar-refractivity contribution in [1.29, 1.82) is 0 Å². The van der Waals surface area contributed by atoms with Crippen molar-refractivity contribution in [2.75, 3.05) is 0 Å². The fourth-order valence-corrected chi connectivity index (χ4v) is 2.28. The smallest absolute Gasteiger partial charge is 0.126 e. The van der Waals surface area contributed by atoms with Crippen molar-refractivity contribution in [3.63, 3.8) is 0 Å². The first-order valence-corrected chi connectivity index (χ1v) is 5.83. The maximum absolute atomic E-state index is 13.1. The summed E-state index contributed by atoms with van der Waals surface area (Å²) in [5, 5.41) is 0.345. The van der Waals surface area contributed by atoms with Gasteiger partial charge in [0.1, 0.15) is 11.7 Å². The molecule has 1 aliphatic rings. The molecule has 0 unspecified atom stereocenters. The molecule has 1 saturated carbocycles. The zero-order valence-electron chi connectivity index (χ0n) is 8.92. The fourth-order valence-electron chi connectivity index (χ4n) is 2.07. The van der Waals surface area contributed by atoms with Crippen molar-refractivity contribution in [2.24, 2.45) is 16.6 Å². The molecule has 0 heterocycles. The lowest BCUT2D eigenvalue weighted by Crippen LogP contribution is -2.20. The average Bonchev–Trinajstić information content (AvgIpc) is 2.68. The van der Waals surface area contributed by atoms with Crippen LogP contribution in [0.2, 0.25) is 5.02 Å². The molecule has 86 valence electrons. The van der Waals surface area contributed by atoms with Crippen LogP contribution >= 0.6 is 11.6 Å². The van der Waals surface area contributed by atoms with Gasteiger partial charge in [0, 0.05) is 10.9 Å². The number of nitrogens with zero attached hydrogens (tertiary/aromatic N) is 1. The second-order valence-electron chi connectivity index (χ2n) is 4.15. The third-order valence-corrected chi connectivity index (χ3v) is 3.10. The maximum Gasteiger partial charge on any atom is 0.126 e. The normalized spacial score (nSPS) is 18.0. The van der Waals surface area contributed by atoms with Crippen LogP contribution in [0.5, 0.6) is 0 Å². The molecule has 1 aromatic rings. The third-order valence-electron chi connectivity index (χ3n) is 2.88. The first kappa shape index (κ1) is 11.4. The Balaban J connectivity index is 2.20. The van der Waals surface area contributed by atoms with Crippen LogP contribution in [0.15, 0.2) is 23.2 Å². The molecule has 2 nitrogen and oxygen atoms in total. The van der Waals surface area contributed by atoms with E-state index in [2.05, 4.69) is 4.99 Å². The monoisotopic (exact) mass is 240 g/mol. The largest absolute Gasteiger partial charge is 0.387 e. The zero-order chi connectivity index (χ0) is 11.5. The highest BCUT2D eigenvalue weighted by atomic mass is 35.5. The van der Waals surface area contributed by atoms with Crippen molar-refractivity contribution in [1.82, 2.24) is 0 Å². The number of rotatable bonds is 2. The van der Waals surface area contributed by atoms with Crippen molar-refractivity contribution in [2.45, 2.75) is 25.7 Å². The number of nitrogens with two attached hydrogens (primary N) is 1. The fraction of sp³-hybridized carbons (Fsp3) is 0.417. The minimum Gasteiger partial charge on any atom is -0.387 e. The van der Waals surface area contributed by atoms with Gasteiger partial charge in [0.25, 0.3) is 0 Å². The summed E-state index contributed by atoms with van der Waals surface area (Å²) in [4.78, 5) is 4.23. The van der Waals surface area contributed by atoms with E-state index in [9.17, 15) is 4.39 Å². The Labute approximate surface area is 99.3 Å². The molecule has 0 amide bonds. The minimum absolute atomic E-state index is 0.345. The summed E-state index contributed by atoms with van der Waals surface area (Å²) in [7, 11) is 0. The van der Waals surface area contributed by atoms with E-state index in [1.165, 1.54) is 25.0 Å². The van der Waals surface area contributed by atoms with E-state index in [1.807, 2.05) is 0 Å². The van der Waals surface area contributed by atoms with Crippen molar-refractivity contribution < 1.29 is 4.39 Å². The first-order chi connectivity index (χ1) is 7.65. The number of hydrogen-bond acceptors (Lipinski definition) is 1. The Hall–Kier alpha value is -1.09. The van der Waals surface area contributed by atoms with Crippen LogP contribution in [-0.2, 0) is 0 Å². The van der Waals surface area contributed by atoms with Crippen LogP contribution < -0.4 is 5.73 Å². The van der Waals surface area contributed by atoms with Crippen molar-refractivity contribution in [3.05, 3.63) is 29.0 Å². The van der Waals surface area contributed by atoms with E-state index in [4.69, 9.17) is 17.3 Å². The second kappa shape index (κ2) is 4.83. The summed E-state index contributed by atoms with van der Waals surface area (Å²) in [6, 6.07) is 4.21. The third kappa shape index (κ3) is 2.73. The molecular weight excluding hydrogens is 227 g/mol. The molecule has 0 atom stereocenters. The van der Waals surface area contributed by atoms with Crippen molar-refractivity contribution in [3.8, 4) is 0 Å². The average molecular weight is 241 g/mol. The Morgan fingerprint density at radius 2 is 2.00 bits per heavy atom. The Kier molecular flexibility index (Phi) is 3.44. The molecule has 0 aromatic heterocycles. The number of hydrogen-bond donors (Lipinski definition) is 1. The quantitative estimate of drug-likeness (QED) is 0.622. The van der Waals surface area contributed by atoms with Crippen LogP contribution in [0.4, 0.5) is 10.1 Å². The highest BCUT2D eigenvalue weighted by Crippen LogP contribution is 2.27. The Morgan fingerprint density at radius 1 is 1.31 bits per heavy atom. The molecule has 0 radical (unpaired) electrons. The van der Waals surface area contributed by atoms with Gasteiger partial charge < -0.3 is 5.73 Å². The van der Waals surface area contributed by atoms with Gasteiger partial charge in [0.05, 0.1) is 5.69 Å². The summed E-state index contributed by atoms with van der Waals surface area (Å²) in [5.41, 5.74) is 6.39. The molecule has 1 aromatic carbocycles. The molecule has 0 spiro atoms. The molecule has 0 saturated heterocycles. The first-order valence-electron chi connectivity index (χ1n) is 5.45. The Morgan fingerprint density at radius 3 is 2.62 bits per heavy atom. The standard InChI is InChI=1S/C12H14ClFN2/c13-9-5-10(14)7-11(6-9)16-12(15)8-3-1-2-4-8/h5-8H,1-4H2,(H2,15,16). The van der Waals surface area contributed by atoms with Crippen LogP contribution in [0.1, 0.15) is 25.7 Å². The van der Waals surface area contributed by atoms with Crippen LogP contribution in [-0.4, -0.2) is 5.84 Å². The van der Waals surface area contributed by atoms with E-state index in [1.54, 1.807) is 6.07 Å². The summed E-state index contributed by atoms with van der Waals surface area (Å²) in [6.07, 6.45) is 4.56. The molecule has 1 fully saturated rings. The predicted octanol–water partition coefficient (Wildman–Crippen LogP) is 3.66. The second-order valence-corrected chi connectivity index (χ2v) is 4.58. The molecule has 0 aliphatic heterocycles. The van der Waals surface area contributed by atoms with Gasteiger partial charge in [-0.3, -0.25) is 0 Å². The zero-order valence-corrected chi connectivity index (χ0v) is 9.67. The molecule has 0 bridgehead atoms. The van der Waals surface area contributed by atoms with Crippen LogP contribution in [0, 0.1) is 11.7 Å². The number of benzene rings is 1. The van der Waals surface area contributed by atoms with Gasteiger partial charge in [0.2, 0.25) is 0 Å². The molecular formula is C12H14ClFN2. The summed E-state index contributed by atoms with van der Waals surface area (Å²) in [6.45, 7) is 0. The van der Waals surface area contributed by atoms with Crippen LogP contribution in [0.3, 0.4) is 0 Å². The van der Waals surface area contributed by atoms with Gasteiger partial charge in [-0.1, -0.05) is 24.4 Å². The van der Waals surface area contributed by atoms with Gasteiger partial charge in [-0.25, -0.2) is 9.38 Å². The Bertz CT molecular complexity index is 391. The van der Waals surface area contributed by atoms with E-state index >= 15 is 0 Å². The number of aliphatic imine (C=N–C) groups is 1. The summed E-state index contributed by atoms with van der Waals surface area (Å²) >= 11 is 5.74. The van der Waals surface area contributed by atoms with E-state index in [0.29, 0.717) is 22.5 Å². The molecule has 4 heteroatoms. The maximum atomic E-state index is 13.1. The van der Waals surface area contributed by atoms with Gasteiger partial charge >= 0.3 is 0 Å². The van der Waals surface area contributed by atoms with E-state index in [0.717, 1.165) is 12.8 Å². The van der Waals surface area contributed by atoms with Gasteiger partial charge in [0.15, 0.2) is 0 Å². The summed E-state index contributed by atoms with van der Waals surface area (Å²) in [5.74, 6) is 0.562. The molecule has 2 rings (SSSR count). The van der Waals surface area contributed by atoms with Gasteiger partial charge in [-0.05, 0) is 31.0 Å². The number of amidine groups is 1. The lowest BCUT2D eigenvalue weighted by atomic mass is 10.1. The molecule has 16 heavy (non-hydrogen) atoms. The minimum atomic E-state index is -0.384. The van der Waals surface area contributed by atoms with E-state index in [-0.39, 0.29) is 5.82 Å². The predicted molar refractivity (Wildman–Crippen MR) is 64.7 cm³/mol. The highest BCUT2D eigenvalue weighted by Gasteiger charge is 2.18. The van der Waals surface area contributed by atoms with Crippen LogP contribution in [0.25, 0.3) is 0 Å². The SMILES string of the molecule is NC(=Nc1cc(F)cc(Cl)c1)C1CCCC1. The van der Waals surface area contributed by atoms with E-state index < -0.39 is 0 Å². The molecule has 1 aliphatic carbocycles. The van der Waals surface area contributed by atoms with Gasteiger partial charge in [-0.15, -0.1) is 0 Å². The van der Waals surface area contributed by atoms with Crippen molar-refractivity contribution >= 4 is 23.1 Å².